The first-order valence-corrected chi connectivity index (χ1v) is 8.65. The molecule has 28 heavy (non-hydrogen) atoms. The molecule has 0 saturated heterocycles. The highest BCUT2D eigenvalue weighted by atomic mass is 19.1. The predicted octanol–water partition coefficient (Wildman–Crippen LogP) is 3.70. The SMILES string of the molecule is COc1ccc2nc(CNC(=O)c3ccc(-c4cccc(F)c4)nc3)[nH]c2c1. The van der Waals surface area contributed by atoms with Crippen molar-refractivity contribution in [1.29, 1.82) is 0 Å². The molecule has 2 heterocycles. The number of imidazole rings is 1. The smallest absolute Gasteiger partial charge is 0.253 e. The number of nitrogens with zero attached hydrogens (tertiary/aromatic N) is 2. The number of aromatic amines is 1. The zero-order chi connectivity index (χ0) is 19.5. The van der Waals surface area contributed by atoms with Crippen LogP contribution >= 0.6 is 0 Å². The van der Waals surface area contributed by atoms with Crippen LogP contribution in [0.4, 0.5) is 4.39 Å². The van der Waals surface area contributed by atoms with Crippen molar-refractivity contribution < 1.29 is 13.9 Å². The number of hydrogen-bond donors (Lipinski definition) is 2. The Labute approximate surface area is 160 Å². The van der Waals surface area contributed by atoms with Crippen molar-refractivity contribution in [1.82, 2.24) is 20.3 Å². The number of fused-ring (bicyclic) bond motifs is 1. The van der Waals surface area contributed by atoms with Crippen molar-refractivity contribution in [2.75, 3.05) is 7.11 Å². The van der Waals surface area contributed by atoms with E-state index in [4.69, 9.17) is 4.74 Å². The summed E-state index contributed by atoms with van der Waals surface area (Å²) in [7, 11) is 1.60. The number of rotatable bonds is 5. The lowest BCUT2D eigenvalue weighted by Crippen LogP contribution is -2.23. The van der Waals surface area contributed by atoms with E-state index in [1.807, 2.05) is 18.2 Å². The Morgan fingerprint density at radius 3 is 2.82 bits per heavy atom. The number of ether oxygens (including phenoxy) is 1. The minimum absolute atomic E-state index is 0.251. The Hall–Kier alpha value is -3.74. The molecule has 7 heteroatoms. The van der Waals surface area contributed by atoms with Crippen LogP contribution in [-0.4, -0.2) is 28.0 Å². The molecule has 0 aliphatic rings. The number of nitrogens with one attached hydrogen (secondary N) is 2. The van der Waals surface area contributed by atoms with Gasteiger partial charge < -0.3 is 15.0 Å². The van der Waals surface area contributed by atoms with Crippen molar-refractivity contribution in [2.45, 2.75) is 6.54 Å². The molecule has 2 aromatic heterocycles. The van der Waals surface area contributed by atoms with Gasteiger partial charge >= 0.3 is 0 Å². The van der Waals surface area contributed by atoms with Gasteiger partial charge in [-0.1, -0.05) is 12.1 Å². The molecular formula is C21H17FN4O2. The standard InChI is InChI=1S/C21H17FN4O2/c1-28-16-6-8-18-19(10-16)26-20(25-18)12-24-21(27)14-5-7-17(23-11-14)13-3-2-4-15(22)9-13/h2-11H,12H2,1H3,(H,24,27)(H,25,26). The van der Waals surface area contributed by atoms with E-state index in [0.29, 0.717) is 22.6 Å². The zero-order valence-electron chi connectivity index (χ0n) is 15.1. The Bertz CT molecular complexity index is 1140. The number of pyridine rings is 1. The minimum Gasteiger partial charge on any atom is -0.497 e. The highest BCUT2D eigenvalue weighted by molar-refractivity contribution is 5.94. The van der Waals surface area contributed by atoms with Gasteiger partial charge in [0.2, 0.25) is 0 Å². The van der Waals surface area contributed by atoms with Crippen molar-refractivity contribution in [3.8, 4) is 17.0 Å². The second-order valence-corrected chi connectivity index (χ2v) is 6.19. The van der Waals surface area contributed by atoms with E-state index in [9.17, 15) is 9.18 Å². The van der Waals surface area contributed by atoms with Crippen molar-refractivity contribution >= 4 is 16.9 Å². The van der Waals surface area contributed by atoms with Gasteiger partial charge in [-0.3, -0.25) is 9.78 Å². The number of aromatic nitrogens is 3. The molecular weight excluding hydrogens is 359 g/mol. The van der Waals surface area contributed by atoms with Crippen LogP contribution in [0.3, 0.4) is 0 Å². The van der Waals surface area contributed by atoms with Crippen LogP contribution in [0.25, 0.3) is 22.3 Å². The summed E-state index contributed by atoms with van der Waals surface area (Å²) in [5.74, 6) is 0.776. The molecule has 0 aliphatic heterocycles. The topological polar surface area (TPSA) is 79.9 Å². The van der Waals surface area contributed by atoms with Crippen molar-refractivity contribution in [2.24, 2.45) is 0 Å². The third kappa shape index (κ3) is 3.68. The number of hydrogen-bond acceptors (Lipinski definition) is 4. The molecule has 4 rings (SSSR count). The molecule has 0 fully saturated rings. The predicted molar refractivity (Wildman–Crippen MR) is 103 cm³/mol. The molecule has 140 valence electrons. The van der Waals surface area contributed by atoms with E-state index >= 15 is 0 Å². The van der Waals surface area contributed by atoms with Crippen LogP contribution in [0.2, 0.25) is 0 Å². The van der Waals surface area contributed by atoms with Crippen LogP contribution < -0.4 is 10.1 Å². The van der Waals surface area contributed by atoms with Gasteiger partial charge in [0.1, 0.15) is 17.4 Å². The fourth-order valence-electron chi connectivity index (χ4n) is 2.87. The number of H-pyrrole nitrogens is 1. The number of methoxy groups -OCH3 is 1. The summed E-state index contributed by atoms with van der Waals surface area (Å²) in [4.78, 5) is 24.2. The molecule has 1 amide bonds. The maximum Gasteiger partial charge on any atom is 0.253 e. The largest absolute Gasteiger partial charge is 0.497 e. The van der Waals surface area contributed by atoms with Crippen LogP contribution in [0.15, 0.2) is 60.8 Å². The van der Waals surface area contributed by atoms with E-state index < -0.39 is 0 Å². The third-order valence-corrected chi connectivity index (χ3v) is 4.30. The van der Waals surface area contributed by atoms with Gasteiger partial charge in [0.25, 0.3) is 5.91 Å². The first-order valence-electron chi connectivity index (χ1n) is 8.65. The molecule has 4 aromatic rings. The van der Waals surface area contributed by atoms with E-state index in [1.165, 1.54) is 18.3 Å². The number of carbonyl (C=O) groups excluding carboxylic acids is 1. The van der Waals surface area contributed by atoms with Gasteiger partial charge in [-0.2, -0.15) is 0 Å². The van der Waals surface area contributed by atoms with Gasteiger partial charge in [-0.05, 0) is 36.4 Å². The highest BCUT2D eigenvalue weighted by Gasteiger charge is 2.09. The lowest BCUT2D eigenvalue weighted by molar-refractivity contribution is 0.0949. The molecule has 0 radical (unpaired) electrons. The zero-order valence-corrected chi connectivity index (χ0v) is 15.1. The van der Waals surface area contributed by atoms with Gasteiger partial charge in [-0.25, -0.2) is 9.37 Å². The summed E-state index contributed by atoms with van der Waals surface area (Å²) in [5.41, 5.74) is 3.31. The van der Waals surface area contributed by atoms with Gasteiger partial charge in [0, 0.05) is 17.8 Å². The quantitative estimate of drug-likeness (QED) is 0.557. The molecule has 0 aliphatic carbocycles. The van der Waals surface area contributed by atoms with E-state index in [1.54, 1.807) is 31.4 Å². The van der Waals surface area contributed by atoms with Crippen LogP contribution in [0, 0.1) is 5.82 Å². The Morgan fingerprint density at radius 2 is 2.07 bits per heavy atom. The monoisotopic (exact) mass is 376 g/mol. The summed E-state index contributed by atoms with van der Waals surface area (Å²) in [5, 5.41) is 2.81. The normalized spacial score (nSPS) is 10.8. The average Bonchev–Trinajstić information content (AvgIpc) is 3.14. The first kappa shape index (κ1) is 17.7. The summed E-state index contributed by atoms with van der Waals surface area (Å²) >= 11 is 0. The average molecular weight is 376 g/mol. The summed E-state index contributed by atoms with van der Waals surface area (Å²) < 4.78 is 18.5. The number of halogens is 1. The second kappa shape index (κ2) is 7.48. The number of amides is 1. The van der Waals surface area contributed by atoms with Crippen LogP contribution in [0.1, 0.15) is 16.2 Å². The molecule has 0 unspecified atom stereocenters. The second-order valence-electron chi connectivity index (χ2n) is 6.19. The highest BCUT2D eigenvalue weighted by Crippen LogP contribution is 2.19. The maximum absolute atomic E-state index is 13.3. The lowest BCUT2D eigenvalue weighted by atomic mass is 10.1. The molecule has 6 nitrogen and oxygen atoms in total. The summed E-state index contributed by atoms with van der Waals surface area (Å²) in [6, 6.07) is 15.0. The molecule has 0 bridgehead atoms. The molecule has 2 N–H and O–H groups in total. The summed E-state index contributed by atoms with van der Waals surface area (Å²) in [6.07, 6.45) is 1.47. The summed E-state index contributed by atoms with van der Waals surface area (Å²) in [6.45, 7) is 0.251. The first-order chi connectivity index (χ1) is 13.6. The molecule has 2 aromatic carbocycles. The maximum atomic E-state index is 13.3. The van der Waals surface area contributed by atoms with E-state index in [2.05, 4.69) is 20.3 Å². The van der Waals surface area contributed by atoms with Crippen molar-refractivity contribution in [3.63, 3.8) is 0 Å². The number of benzene rings is 2. The minimum atomic E-state index is -0.329. The number of carbonyl (C=O) groups is 1. The van der Waals surface area contributed by atoms with Gasteiger partial charge in [-0.15, -0.1) is 0 Å². The Morgan fingerprint density at radius 1 is 1.18 bits per heavy atom. The van der Waals surface area contributed by atoms with Crippen molar-refractivity contribution in [3.05, 3.63) is 78.0 Å². The van der Waals surface area contributed by atoms with Gasteiger partial charge in [0.15, 0.2) is 0 Å². The molecule has 0 atom stereocenters. The molecule has 0 saturated carbocycles. The lowest BCUT2D eigenvalue weighted by Gasteiger charge is -2.05. The Balaban J connectivity index is 1.43. The molecule has 0 spiro atoms. The fourth-order valence-corrected chi connectivity index (χ4v) is 2.87. The fraction of sp³-hybridized carbons (Fsp3) is 0.0952. The van der Waals surface area contributed by atoms with Crippen LogP contribution in [0.5, 0.6) is 5.75 Å². The van der Waals surface area contributed by atoms with E-state index in [-0.39, 0.29) is 18.3 Å². The third-order valence-electron chi connectivity index (χ3n) is 4.30. The van der Waals surface area contributed by atoms with E-state index in [0.717, 1.165) is 16.8 Å². The van der Waals surface area contributed by atoms with Gasteiger partial charge in [0.05, 0.1) is 35.9 Å². The Kier molecular flexibility index (Phi) is 4.72. The van der Waals surface area contributed by atoms with Crippen LogP contribution in [-0.2, 0) is 6.54 Å².